The van der Waals surface area contributed by atoms with E-state index in [1.165, 1.54) is 6.07 Å². The second-order valence-corrected chi connectivity index (χ2v) is 4.61. The highest BCUT2D eigenvalue weighted by Crippen LogP contribution is 2.33. The third kappa shape index (κ3) is 2.98. The molecule has 0 spiro atoms. The standard InChI is InChI=1S/C15H14N4O2/c1-11(13-5-3-4-8-17-13)18(2)14-7-6-12(10-16)9-15(14)19(20)21/h3-9,11H,1-2H3. The van der Waals surface area contributed by atoms with Crippen LogP contribution in [0.5, 0.6) is 0 Å². The van der Waals surface area contributed by atoms with Crippen molar-refractivity contribution in [2.75, 3.05) is 11.9 Å². The number of hydrogen-bond acceptors (Lipinski definition) is 5. The second kappa shape index (κ2) is 6.01. The number of nitro benzene ring substituents is 1. The van der Waals surface area contributed by atoms with Gasteiger partial charge in [0.25, 0.3) is 5.69 Å². The molecule has 0 aliphatic carbocycles. The van der Waals surface area contributed by atoms with E-state index in [9.17, 15) is 10.1 Å². The zero-order valence-electron chi connectivity index (χ0n) is 11.7. The molecular formula is C15H14N4O2. The maximum atomic E-state index is 11.2. The Morgan fingerprint density at radius 3 is 2.71 bits per heavy atom. The molecule has 1 aromatic heterocycles. The summed E-state index contributed by atoms with van der Waals surface area (Å²) >= 11 is 0. The first-order valence-electron chi connectivity index (χ1n) is 6.37. The van der Waals surface area contributed by atoms with Crippen LogP contribution in [0.2, 0.25) is 0 Å². The molecule has 0 N–H and O–H groups in total. The average molecular weight is 282 g/mol. The van der Waals surface area contributed by atoms with Crippen LogP contribution in [0.4, 0.5) is 11.4 Å². The van der Waals surface area contributed by atoms with Gasteiger partial charge in [-0.15, -0.1) is 0 Å². The van der Waals surface area contributed by atoms with Gasteiger partial charge in [0.2, 0.25) is 0 Å². The number of rotatable bonds is 4. The summed E-state index contributed by atoms with van der Waals surface area (Å²) in [5, 5.41) is 20.1. The highest BCUT2D eigenvalue weighted by atomic mass is 16.6. The molecule has 0 fully saturated rings. The van der Waals surface area contributed by atoms with E-state index in [0.717, 1.165) is 5.69 Å². The molecule has 0 bridgehead atoms. The van der Waals surface area contributed by atoms with Crippen LogP contribution in [0, 0.1) is 21.4 Å². The number of nitriles is 1. The Hall–Kier alpha value is -2.94. The minimum absolute atomic E-state index is 0.0840. The lowest BCUT2D eigenvalue weighted by Crippen LogP contribution is -2.23. The molecule has 2 rings (SSSR count). The fourth-order valence-corrected chi connectivity index (χ4v) is 2.07. The molecule has 2 aromatic rings. The van der Waals surface area contributed by atoms with E-state index < -0.39 is 4.92 Å². The lowest BCUT2D eigenvalue weighted by Gasteiger charge is -2.26. The van der Waals surface area contributed by atoms with Crippen molar-refractivity contribution in [3.05, 3.63) is 64.0 Å². The van der Waals surface area contributed by atoms with Crippen molar-refractivity contribution >= 4 is 11.4 Å². The predicted octanol–water partition coefficient (Wildman–Crippen LogP) is 3.06. The molecule has 1 aromatic carbocycles. The largest absolute Gasteiger partial charge is 0.361 e. The van der Waals surface area contributed by atoms with Gasteiger partial charge in [0.1, 0.15) is 5.69 Å². The van der Waals surface area contributed by atoms with E-state index in [2.05, 4.69) is 4.98 Å². The summed E-state index contributed by atoms with van der Waals surface area (Å²) in [6, 6.07) is 11.8. The Kier molecular flexibility index (Phi) is 4.14. The third-order valence-electron chi connectivity index (χ3n) is 3.38. The summed E-state index contributed by atoms with van der Waals surface area (Å²) in [6.07, 6.45) is 1.69. The van der Waals surface area contributed by atoms with Gasteiger partial charge in [0.15, 0.2) is 0 Å². The van der Waals surface area contributed by atoms with Crippen molar-refractivity contribution < 1.29 is 4.92 Å². The fourth-order valence-electron chi connectivity index (χ4n) is 2.07. The van der Waals surface area contributed by atoms with Gasteiger partial charge in [-0.05, 0) is 31.2 Å². The van der Waals surface area contributed by atoms with Gasteiger partial charge >= 0.3 is 0 Å². The van der Waals surface area contributed by atoms with Crippen LogP contribution < -0.4 is 4.90 Å². The Bertz CT molecular complexity index is 695. The number of benzene rings is 1. The molecule has 106 valence electrons. The van der Waals surface area contributed by atoms with Crippen molar-refractivity contribution in [2.45, 2.75) is 13.0 Å². The number of aromatic nitrogens is 1. The van der Waals surface area contributed by atoms with Crippen molar-refractivity contribution in [3.63, 3.8) is 0 Å². The smallest absolute Gasteiger partial charge is 0.293 e. The molecule has 0 saturated heterocycles. The number of nitrogens with zero attached hydrogens (tertiary/aromatic N) is 4. The lowest BCUT2D eigenvalue weighted by molar-refractivity contribution is -0.384. The quantitative estimate of drug-likeness (QED) is 0.635. The van der Waals surface area contributed by atoms with Crippen molar-refractivity contribution in [1.29, 1.82) is 5.26 Å². The fraction of sp³-hybridized carbons (Fsp3) is 0.200. The van der Waals surface area contributed by atoms with E-state index in [4.69, 9.17) is 5.26 Å². The summed E-state index contributed by atoms with van der Waals surface area (Å²) in [7, 11) is 1.77. The van der Waals surface area contributed by atoms with Crippen LogP contribution in [-0.4, -0.2) is 17.0 Å². The molecule has 1 unspecified atom stereocenters. The molecular weight excluding hydrogens is 268 g/mol. The first-order valence-corrected chi connectivity index (χ1v) is 6.37. The Morgan fingerprint density at radius 1 is 1.38 bits per heavy atom. The van der Waals surface area contributed by atoms with E-state index in [0.29, 0.717) is 5.69 Å². The molecule has 0 amide bonds. The van der Waals surface area contributed by atoms with Crippen LogP contribution in [0.25, 0.3) is 0 Å². The molecule has 0 aliphatic heterocycles. The molecule has 6 nitrogen and oxygen atoms in total. The lowest BCUT2D eigenvalue weighted by atomic mass is 10.1. The highest BCUT2D eigenvalue weighted by Gasteiger charge is 2.22. The summed E-state index contributed by atoms with van der Waals surface area (Å²) in [5.74, 6) is 0. The minimum atomic E-state index is -0.474. The van der Waals surface area contributed by atoms with Crippen LogP contribution in [-0.2, 0) is 0 Å². The zero-order valence-corrected chi connectivity index (χ0v) is 11.7. The van der Waals surface area contributed by atoms with Crippen molar-refractivity contribution in [1.82, 2.24) is 4.98 Å². The van der Waals surface area contributed by atoms with Gasteiger partial charge in [0.05, 0.1) is 28.3 Å². The number of hydrogen-bond donors (Lipinski definition) is 0. The summed E-state index contributed by atoms with van der Waals surface area (Å²) in [4.78, 5) is 16.8. The molecule has 21 heavy (non-hydrogen) atoms. The minimum Gasteiger partial charge on any atom is -0.361 e. The van der Waals surface area contributed by atoms with Crippen LogP contribution in [0.1, 0.15) is 24.2 Å². The van der Waals surface area contributed by atoms with Crippen molar-refractivity contribution in [3.8, 4) is 6.07 Å². The molecule has 6 heteroatoms. The van der Waals surface area contributed by atoms with Crippen LogP contribution >= 0.6 is 0 Å². The molecule has 1 heterocycles. The monoisotopic (exact) mass is 282 g/mol. The SMILES string of the molecule is CC(c1ccccn1)N(C)c1ccc(C#N)cc1[N+](=O)[O-]. The van der Waals surface area contributed by atoms with Gasteiger partial charge in [-0.2, -0.15) is 5.26 Å². The van der Waals surface area contributed by atoms with Crippen LogP contribution in [0.3, 0.4) is 0 Å². The van der Waals surface area contributed by atoms with Gasteiger partial charge < -0.3 is 4.90 Å². The zero-order chi connectivity index (χ0) is 15.4. The van der Waals surface area contributed by atoms with E-state index in [1.807, 2.05) is 31.2 Å². The van der Waals surface area contributed by atoms with Gasteiger partial charge in [0, 0.05) is 19.3 Å². The maximum absolute atomic E-state index is 11.2. The van der Waals surface area contributed by atoms with Gasteiger partial charge in [-0.3, -0.25) is 15.1 Å². The summed E-state index contributed by atoms with van der Waals surface area (Å²) < 4.78 is 0. The average Bonchev–Trinajstić information content (AvgIpc) is 2.53. The number of pyridine rings is 1. The summed E-state index contributed by atoms with van der Waals surface area (Å²) in [6.45, 7) is 1.92. The van der Waals surface area contributed by atoms with E-state index in [-0.39, 0.29) is 17.3 Å². The highest BCUT2D eigenvalue weighted by molar-refractivity contribution is 5.66. The molecule has 0 radical (unpaired) electrons. The predicted molar refractivity (Wildman–Crippen MR) is 78.9 cm³/mol. The first-order chi connectivity index (χ1) is 10.0. The topological polar surface area (TPSA) is 83.1 Å². The third-order valence-corrected chi connectivity index (χ3v) is 3.38. The number of nitro groups is 1. The molecule has 0 aliphatic rings. The Morgan fingerprint density at radius 2 is 2.14 bits per heavy atom. The summed E-state index contributed by atoms with van der Waals surface area (Å²) in [5.41, 5.74) is 1.46. The molecule has 1 atom stereocenters. The van der Waals surface area contributed by atoms with Gasteiger partial charge in [-0.25, -0.2) is 0 Å². The van der Waals surface area contributed by atoms with E-state index in [1.54, 1.807) is 30.3 Å². The Balaban J connectivity index is 2.42. The van der Waals surface area contributed by atoms with E-state index >= 15 is 0 Å². The first kappa shape index (κ1) is 14.5. The van der Waals surface area contributed by atoms with Gasteiger partial charge in [-0.1, -0.05) is 6.07 Å². The van der Waals surface area contributed by atoms with Crippen LogP contribution in [0.15, 0.2) is 42.6 Å². The number of anilines is 1. The normalized spacial score (nSPS) is 11.5. The maximum Gasteiger partial charge on any atom is 0.293 e. The molecule has 0 saturated carbocycles. The Labute approximate surface area is 122 Å². The second-order valence-electron chi connectivity index (χ2n) is 4.61. The van der Waals surface area contributed by atoms with Crippen molar-refractivity contribution in [2.24, 2.45) is 0 Å².